The van der Waals surface area contributed by atoms with Crippen LogP contribution in [0.1, 0.15) is 43.7 Å². The maximum atomic E-state index is 13.5. The largest absolute Gasteiger partial charge is 0.317 e. The van der Waals surface area contributed by atoms with E-state index in [1.165, 1.54) is 61.5 Å². The fraction of sp³-hybridized carbons (Fsp3) is 0.0741. The van der Waals surface area contributed by atoms with E-state index in [9.17, 15) is 34.6 Å². The van der Waals surface area contributed by atoms with Crippen molar-refractivity contribution < 1.29 is 24.2 Å². The van der Waals surface area contributed by atoms with Gasteiger partial charge in [-0.1, -0.05) is 12.1 Å². The number of fused-ring (bicyclic) bond motifs is 3. The zero-order valence-corrected chi connectivity index (χ0v) is 19.9. The summed E-state index contributed by atoms with van der Waals surface area (Å²) in [6, 6.07) is 18.9. The van der Waals surface area contributed by atoms with E-state index in [1.54, 1.807) is 33.2 Å². The predicted octanol–water partition coefficient (Wildman–Crippen LogP) is 5.03. The Labute approximate surface area is 213 Å². The molecule has 0 aliphatic rings. The number of aromatic nitrogens is 2. The van der Waals surface area contributed by atoms with E-state index < -0.39 is 15.6 Å². The lowest BCUT2D eigenvalue weighted by atomic mass is 10.1. The van der Waals surface area contributed by atoms with Crippen LogP contribution in [0.3, 0.4) is 0 Å². The summed E-state index contributed by atoms with van der Waals surface area (Å²) in [5.41, 5.74) is 2.06. The van der Waals surface area contributed by atoms with E-state index in [0.29, 0.717) is 16.7 Å². The van der Waals surface area contributed by atoms with Gasteiger partial charge in [0.15, 0.2) is 11.6 Å². The highest BCUT2D eigenvalue weighted by Crippen LogP contribution is 2.30. The minimum absolute atomic E-state index is 0.143. The summed E-state index contributed by atoms with van der Waals surface area (Å²) < 4.78 is 3.25. The van der Waals surface area contributed by atoms with Crippen LogP contribution in [0.4, 0.5) is 11.4 Å². The van der Waals surface area contributed by atoms with Crippen LogP contribution in [0.15, 0.2) is 78.9 Å². The van der Waals surface area contributed by atoms with E-state index >= 15 is 0 Å². The first-order valence-corrected chi connectivity index (χ1v) is 11.4. The quantitative estimate of drug-likeness (QED) is 0.162. The monoisotopic (exact) mass is 510 g/mol. The molecule has 3 aromatic carbocycles. The minimum atomic E-state index is -0.562. The summed E-state index contributed by atoms with van der Waals surface area (Å²) >= 11 is 0. The summed E-state index contributed by atoms with van der Waals surface area (Å²) in [4.78, 5) is 60.3. The van der Waals surface area contributed by atoms with Gasteiger partial charge in [0.25, 0.3) is 11.4 Å². The number of non-ortho nitro benzene ring substituents is 2. The normalized spacial score (nSPS) is 11.1. The number of rotatable bonds is 8. The topological polar surface area (TPSA) is 147 Å². The number of para-hydroxylation sites is 2. The zero-order chi connectivity index (χ0) is 27.1. The van der Waals surface area contributed by atoms with Crippen molar-refractivity contribution in [1.82, 2.24) is 8.97 Å². The second-order valence-electron chi connectivity index (χ2n) is 8.59. The van der Waals surface area contributed by atoms with E-state index in [2.05, 4.69) is 0 Å². The highest BCUT2D eigenvalue weighted by Gasteiger charge is 2.26. The van der Waals surface area contributed by atoms with E-state index in [1.807, 2.05) is 0 Å². The van der Waals surface area contributed by atoms with Crippen LogP contribution in [-0.4, -0.2) is 36.2 Å². The molecule has 5 rings (SSSR count). The number of ketones is 3. The Balaban J connectivity index is 1.66. The molecule has 2 heterocycles. The number of nitro benzene ring substituents is 2. The van der Waals surface area contributed by atoms with Crippen LogP contribution in [0.5, 0.6) is 0 Å². The van der Waals surface area contributed by atoms with Gasteiger partial charge in [-0.05, 0) is 49.4 Å². The SMILES string of the molecule is CC(=O)c1cc(C(=O)c2ccc([N+](=O)[O-])cc2)n2c3ccccc3n(CC(=O)c3ccc([N+](=O)[O-])cc3)c12. The predicted molar refractivity (Wildman–Crippen MR) is 137 cm³/mol. The molecular weight excluding hydrogens is 492 g/mol. The second kappa shape index (κ2) is 9.21. The van der Waals surface area contributed by atoms with Crippen molar-refractivity contribution in [3.63, 3.8) is 0 Å². The molecule has 0 aliphatic carbocycles. The second-order valence-corrected chi connectivity index (χ2v) is 8.59. The lowest BCUT2D eigenvalue weighted by molar-refractivity contribution is -0.385. The molecule has 0 fully saturated rings. The van der Waals surface area contributed by atoms with Gasteiger partial charge < -0.3 is 4.57 Å². The molecular formula is C27H18N4O7. The Hall–Kier alpha value is -5.45. The molecule has 0 bridgehead atoms. The lowest BCUT2D eigenvalue weighted by Gasteiger charge is -2.07. The maximum Gasteiger partial charge on any atom is 0.269 e. The van der Waals surface area contributed by atoms with Crippen molar-refractivity contribution in [2.45, 2.75) is 13.5 Å². The third kappa shape index (κ3) is 4.01. The Morgan fingerprint density at radius 2 is 1.29 bits per heavy atom. The third-order valence-corrected chi connectivity index (χ3v) is 6.30. The van der Waals surface area contributed by atoms with Gasteiger partial charge in [-0.15, -0.1) is 0 Å². The minimum Gasteiger partial charge on any atom is -0.317 e. The van der Waals surface area contributed by atoms with Crippen LogP contribution < -0.4 is 0 Å². The van der Waals surface area contributed by atoms with Gasteiger partial charge in [0.2, 0.25) is 5.78 Å². The number of hydrogen-bond acceptors (Lipinski definition) is 7. The number of nitro groups is 2. The number of hydrogen-bond donors (Lipinski definition) is 0. The van der Waals surface area contributed by atoms with Crippen molar-refractivity contribution in [3.8, 4) is 0 Å². The van der Waals surface area contributed by atoms with Gasteiger partial charge >= 0.3 is 0 Å². The molecule has 0 radical (unpaired) electrons. The molecule has 5 aromatic rings. The summed E-state index contributed by atoms with van der Waals surface area (Å²) in [6.07, 6.45) is 0. The highest BCUT2D eigenvalue weighted by molar-refractivity contribution is 6.13. The fourth-order valence-corrected chi connectivity index (χ4v) is 4.48. The van der Waals surface area contributed by atoms with Gasteiger partial charge in [-0.25, -0.2) is 0 Å². The summed E-state index contributed by atoms with van der Waals surface area (Å²) in [7, 11) is 0. The number of Topliss-reactive ketones (excluding diaryl/α,β-unsaturated/α-hetero) is 2. The van der Waals surface area contributed by atoms with Gasteiger partial charge in [0.05, 0.1) is 38.7 Å². The summed E-state index contributed by atoms with van der Waals surface area (Å²) in [5.74, 6) is -1.12. The summed E-state index contributed by atoms with van der Waals surface area (Å²) in [5, 5.41) is 22.0. The molecule has 188 valence electrons. The third-order valence-electron chi connectivity index (χ3n) is 6.30. The van der Waals surface area contributed by atoms with Crippen molar-refractivity contribution in [3.05, 3.63) is 121 Å². The van der Waals surface area contributed by atoms with Crippen LogP contribution in [0, 0.1) is 20.2 Å². The summed E-state index contributed by atoms with van der Waals surface area (Å²) in [6.45, 7) is 1.17. The molecule has 0 atom stereocenters. The van der Waals surface area contributed by atoms with Crippen molar-refractivity contribution in [2.75, 3.05) is 0 Å². The van der Waals surface area contributed by atoms with Crippen LogP contribution >= 0.6 is 0 Å². The Morgan fingerprint density at radius 1 is 0.763 bits per heavy atom. The van der Waals surface area contributed by atoms with Crippen molar-refractivity contribution in [2.24, 2.45) is 0 Å². The molecule has 2 aromatic heterocycles. The number of imidazole rings is 1. The molecule has 0 amide bonds. The maximum absolute atomic E-state index is 13.5. The smallest absolute Gasteiger partial charge is 0.269 e. The van der Waals surface area contributed by atoms with Gasteiger partial charge in [0, 0.05) is 35.4 Å². The average molecular weight is 510 g/mol. The zero-order valence-electron chi connectivity index (χ0n) is 19.9. The molecule has 0 unspecified atom stereocenters. The first kappa shape index (κ1) is 24.3. The standard InChI is InChI=1S/C27H18N4O7/c1-16(32)21-14-24(26(34)18-8-12-20(13-9-18)31(37)38)29-23-5-3-2-4-22(23)28(27(21)29)15-25(33)17-6-10-19(11-7-17)30(35)36/h2-14H,15H2,1H3. The van der Waals surface area contributed by atoms with E-state index in [0.717, 1.165) is 0 Å². The number of nitrogens with zero attached hydrogens (tertiary/aromatic N) is 4. The van der Waals surface area contributed by atoms with Crippen LogP contribution in [-0.2, 0) is 6.54 Å². The van der Waals surface area contributed by atoms with Gasteiger partial charge in [-0.3, -0.25) is 39.0 Å². The number of benzene rings is 3. The Kier molecular flexibility index (Phi) is 5.88. The van der Waals surface area contributed by atoms with E-state index in [-0.39, 0.29) is 51.9 Å². The Bertz CT molecular complexity index is 1800. The molecule has 11 heteroatoms. The van der Waals surface area contributed by atoms with Crippen LogP contribution in [0.25, 0.3) is 16.7 Å². The molecule has 0 saturated carbocycles. The van der Waals surface area contributed by atoms with Crippen molar-refractivity contribution >= 4 is 45.4 Å². The fourth-order valence-electron chi connectivity index (χ4n) is 4.48. The molecule has 38 heavy (non-hydrogen) atoms. The highest BCUT2D eigenvalue weighted by atomic mass is 16.6. The van der Waals surface area contributed by atoms with Gasteiger partial charge in [-0.2, -0.15) is 0 Å². The Morgan fingerprint density at radius 3 is 1.82 bits per heavy atom. The molecule has 0 spiro atoms. The first-order chi connectivity index (χ1) is 18.2. The van der Waals surface area contributed by atoms with Gasteiger partial charge in [0.1, 0.15) is 5.65 Å². The molecule has 0 saturated heterocycles. The first-order valence-electron chi connectivity index (χ1n) is 11.4. The molecule has 11 nitrogen and oxygen atoms in total. The average Bonchev–Trinajstić information content (AvgIpc) is 3.45. The molecule has 0 N–H and O–H groups in total. The van der Waals surface area contributed by atoms with Crippen LogP contribution in [0.2, 0.25) is 0 Å². The molecule has 0 aliphatic heterocycles. The van der Waals surface area contributed by atoms with E-state index in [4.69, 9.17) is 0 Å². The van der Waals surface area contributed by atoms with Crippen molar-refractivity contribution in [1.29, 1.82) is 0 Å². The lowest BCUT2D eigenvalue weighted by Crippen LogP contribution is -2.11. The number of carbonyl (C=O) groups excluding carboxylic acids is 3. The number of carbonyl (C=O) groups is 3.